The second kappa shape index (κ2) is 7.32. The van der Waals surface area contributed by atoms with E-state index in [1.165, 1.54) is 12.1 Å². The first-order chi connectivity index (χ1) is 13.1. The third-order valence-electron chi connectivity index (χ3n) is 4.51. The summed E-state index contributed by atoms with van der Waals surface area (Å²) in [6.45, 7) is 0.797. The smallest absolute Gasteiger partial charge is 0.251 e. The molecule has 6 heteroatoms. The maximum absolute atomic E-state index is 13.4. The largest absolute Gasteiger partial charge is 0.347 e. The van der Waals surface area contributed by atoms with Gasteiger partial charge in [-0.1, -0.05) is 18.2 Å². The summed E-state index contributed by atoms with van der Waals surface area (Å²) in [6.07, 6.45) is 0.247. The van der Waals surface area contributed by atoms with E-state index in [2.05, 4.69) is 5.32 Å². The summed E-state index contributed by atoms with van der Waals surface area (Å²) >= 11 is 1.59. The molecule has 0 atom stereocenters. The van der Waals surface area contributed by atoms with Crippen molar-refractivity contribution < 1.29 is 14.0 Å². The minimum absolute atomic E-state index is 0.0506. The summed E-state index contributed by atoms with van der Waals surface area (Å²) in [6, 6.07) is 15.4. The van der Waals surface area contributed by atoms with Crippen LogP contribution in [0, 0.1) is 5.82 Å². The molecule has 4 rings (SSSR count). The number of fused-ring (bicyclic) bond motifs is 1. The molecule has 1 aliphatic heterocycles. The Bertz CT molecular complexity index is 1000. The van der Waals surface area contributed by atoms with Gasteiger partial charge in [-0.15, -0.1) is 11.3 Å². The van der Waals surface area contributed by atoms with Gasteiger partial charge in [0, 0.05) is 16.1 Å². The number of anilines is 1. The number of rotatable bonds is 5. The number of hydrogen-bond acceptors (Lipinski definition) is 3. The molecular weight excluding hydrogens is 363 g/mol. The van der Waals surface area contributed by atoms with Gasteiger partial charge in [-0.05, 0) is 52.9 Å². The molecule has 2 heterocycles. The Kier molecular flexibility index (Phi) is 4.73. The minimum atomic E-state index is -0.322. The number of amides is 2. The predicted octanol–water partition coefficient (Wildman–Crippen LogP) is 3.91. The molecule has 0 aliphatic carbocycles. The summed E-state index contributed by atoms with van der Waals surface area (Å²) in [5.41, 5.74) is 2.86. The van der Waals surface area contributed by atoms with Crippen LogP contribution in [0.25, 0.3) is 0 Å². The number of nitrogens with zero attached hydrogens (tertiary/aromatic N) is 1. The van der Waals surface area contributed by atoms with Crippen LogP contribution < -0.4 is 10.2 Å². The summed E-state index contributed by atoms with van der Waals surface area (Å²) in [5.74, 6) is -0.537. The molecule has 0 fully saturated rings. The van der Waals surface area contributed by atoms with Gasteiger partial charge >= 0.3 is 0 Å². The molecule has 0 unspecified atom stereocenters. The number of benzene rings is 2. The van der Waals surface area contributed by atoms with Crippen molar-refractivity contribution in [3.8, 4) is 0 Å². The maximum Gasteiger partial charge on any atom is 0.251 e. The van der Waals surface area contributed by atoms with Crippen molar-refractivity contribution in [1.29, 1.82) is 0 Å². The highest BCUT2D eigenvalue weighted by Crippen LogP contribution is 2.31. The van der Waals surface area contributed by atoms with Crippen molar-refractivity contribution in [2.75, 3.05) is 4.90 Å². The zero-order valence-electron chi connectivity index (χ0n) is 14.4. The van der Waals surface area contributed by atoms with Gasteiger partial charge in [-0.25, -0.2) is 4.39 Å². The highest BCUT2D eigenvalue weighted by atomic mass is 32.1. The Morgan fingerprint density at radius 3 is 2.81 bits per heavy atom. The first-order valence-electron chi connectivity index (χ1n) is 8.58. The van der Waals surface area contributed by atoms with Crippen molar-refractivity contribution in [2.24, 2.45) is 0 Å². The van der Waals surface area contributed by atoms with Crippen LogP contribution in [-0.2, 0) is 24.3 Å². The Hall–Kier alpha value is -2.99. The van der Waals surface area contributed by atoms with E-state index in [-0.39, 0.29) is 24.1 Å². The van der Waals surface area contributed by atoms with Gasteiger partial charge in [0.1, 0.15) is 5.82 Å². The molecule has 0 saturated heterocycles. The Morgan fingerprint density at radius 2 is 2.04 bits per heavy atom. The summed E-state index contributed by atoms with van der Waals surface area (Å²) in [7, 11) is 0. The predicted molar refractivity (Wildman–Crippen MR) is 103 cm³/mol. The lowest BCUT2D eigenvalue weighted by Crippen LogP contribution is -2.26. The number of carbonyl (C=O) groups excluding carboxylic acids is 2. The average molecular weight is 380 g/mol. The normalized spacial score (nSPS) is 12.9. The lowest BCUT2D eigenvalue weighted by Gasteiger charge is -2.18. The molecule has 0 radical (unpaired) electrons. The molecule has 4 nitrogen and oxygen atoms in total. The molecule has 1 aliphatic rings. The Labute approximate surface area is 160 Å². The van der Waals surface area contributed by atoms with E-state index in [0.717, 1.165) is 21.7 Å². The number of halogens is 1. The van der Waals surface area contributed by atoms with Gasteiger partial charge in [0.25, 0.3) is 5.91 Å². The van der Waals surface area contributed by atoms with Gasteiger partial charge in [0.15, 0.2) is 0 Å². The summed E-state index contributed by atoms with van der Waals surface area (Å²) < 4.78 is 13.4. The van der Waals surface area contributed by atoms with E-state index in [4.69, 9.17) is 0 Å². The van der Waals surface area contributed by atoms with E-state index in [9.17, 15) is 14.0 Å². The van der Waals surface area contributed by atoms with Gasteiger partial charge < -0.3 is 10.2 Å². The fourth-order valence-corrected chi connectivity index (χ4v) is 3.84. The molecule has 2 amide bonds. The van der Waals surface area contributed by atoms with Crippen molar-refractivity contribution in [3.63, 3.8) is 0 Å². The van der Waals surface area contributed by atoms with Crippen molar-refractivity contribution >= 4 is 28.8 Å². The molecule has 0 bridgehead atoms. The van der Waals surface area contributed by atoms with Crippen LogP contribution in [-0.4, -0.2) is 11.8 Å². The molecule has 2 aromatic carbocycles. The van der Waals surface area contributed by atoms with Crippen LogP contribution in [0.15, 0.2) is 60.0 Å². The topological polar surface area (TPSA) is 49.4 Å². The van der Waals surface area contributed by atoms with E-state index in [1.54, 1.807) is 46.6 Å². The maximum atomic E-state index is 13.4. The number of carbonyl (C=O) groups is 2. The number of nitrogens with one attached hydrogen (secondary N) is 1. The lowest BCUT2D eigenvalue weighted by molar-refractivity contribution is -0.117. The number of hydrogen-bond donors (Lipinski definition) is 1. The first-order valence-corrected chi connectivity index (χ1v) is 9.46. The molecule has 27 heavy (non-hydrogen) atoms. The zero-order valence-corrected chi connectivity index (χ0v) is 15.3. The van der Waals surface area contributed by atoms with Crippen molar-refractivity contribution in [1.82, 2.24) is 5.32 Å². The van der Waals surface area contributed by atoms with E-state index >= 15 is 0 Å². The number of thiophene rings is 1. The second-order valence-corrected chi connectivity index (χ2v) is 7.42. The molecule has 1 N–H and O–H groups in total. The van der Waals surface area contributed by atoms with E-state index < -0.39 is 0 Å². The second-order valence-electron chi connectivity index (χ2n) is 6.39. The van der Waals surface area contributed by atoms with Crippen LogP contribution in [0.2, 0.25) is 0 Å². The minimum Gasteiger partial charge on any atom is -0.347 e. The Balaban J connectivity index is 1.50. The van der Waals surface area contributed by atoms with Crippen LogP contribution >= 0.6 is 11.3 Å². The standard InChI is InChI=1S/C21H17FN2O2S/c22-17-4-1-3-14(9-17)13-24-19-7-6-15(10-16(19)11-20(24)25)21(26)23-12-18-5-2-8-27-18/h1-10H,11-13H2,(H,23,26). The van der Waals surface area contributed by atoms with Crippen LogP contribution in [0.4, 0.5) is 10.1 Å². The highest BCUT2D eigenvalue weighted by Gasteiger charge is 2.28. The monoisotopic (exact) mass is 380 g/mol. The van der Waals surface area contributed by atoms with E-state index in [1.807, 2.05) is 17.5 Å². The summed E-state index contributed by atoms with van der Waals surface area (Å²) in [4.78, 5) is 27.5. The SMILES string of the molecule is O=C(NCc1cccs1)c1ccc2c(c1)CC(=O)N2Cc1cccc(F)c1. The van der Waals surface area contributed by atoms with Crippen LogP contribution in [0.5, 0.6) is 0 Å². The molecule has 0 saturated carbocycles. The van der Waals surface area contributed by atoms with Crippen LogP contribution in [0.3, 0.4) is 0 Å². The van der Waals surface area contributed by atoms with E-state index in [0.29, 0.717) is 18.7 Å². The summed E-state index contributed by atoms with van der Waals surface area (Å²) in [5, 5.41) is 4.86. The molecular formula is C21H17FN2O2S. The van der Waals surface area contributed by atoms with Gasteiger partial charge in [0.05, 0.1) is 19.5 Å². The van der Waals surface area contributed by atoms with Gasteiger partial charge in [0.2, 0.25) is 5.91 Å². The lowest BCUT2D eigenvalue weighted by atomic mass is 10.1. The molecule has 1 aromatic heterocycles. The van der Waals surface area contributed by atoms with Crippen molar-refractivity contribution in [3.05, 3.63) is 87.4 Å². The van der Waals surface area contributed by atoms with Crippen molar-refractivity contribution in [2.45, 2.75) is 19.5 Å². The third kappa shape index (κ3) is 3.75. The quantitative estimate of drug-likeness (QED) is 0.730. The van der Waals surface area contributed by atoms with Crippen LogP contribution in [0.1, 0.15) is 26.4 Å². The average Bonchev–Trinajstić information content (AvgIpc) is 3.27. The Morgan fingerprint density at radius 1 is 1.15 bits per heavy atom. The zero-order chi connectivity index (χ0) is 18.8. The first kappa shape index (κ1) is 17.4. The highest BCUT2D eigenvalue weighted by molar-refractivity contribution is 7.09. The molecule has 3 aromatic rings. The fourth-order valence-electron chi connectivity index (χ4n) is 3.20. The third-order valence-corrected chi connectivity index (χ3v) is 5.38. The fraction of sp³-hybridized carbons (Fsp3) is 0.143. The van der Waals surface area contributed by atoms with Gasteiger partial charge in [-0.2, -0.15) is 0 Å². The molecule has 136 valence electrons. The van der Waals surface area contributed by atoms with Gasteiger partial charge in [-0.3, -0.25) is 9.59 Å². The molecule has 0 spiro atoms.